The van der Waals surface area contributed by atoms with E-state index in [4.69, 9.17) is 19.2 Å². The van der Waals surface area contributed by atoms with E-state index in [2.05, 4.69) is 0 Å². The predicted octanol–water partition coefficient (Wildman–Crippen LogP) is 3.40. The Morgan fingerprint density at radius 2 is 1.93 bits per heavy atom. The molecule has 1 amide bonds. The summed E-state index contributed by atoms with van der Waals surface area (Å²) in [6.45, 7) is 5.58. The van der Waals surface area contributed by atoms with Crippen LogP contribution in [0.5, 0.6) is 5.75 Å². The van der Waals surface area contributed by atoms with Crippen LogP contribution in [0.1, 0.15) is 35.2 Å². The minimum absolute atomic E-state index is 0.160. The third-order valence-electron chi connectivity index (χ3n) is 3.80. The van der Waals surface area contributed by atoms with E-state index < -0.39 is 18.5 Å². The van der Waals surface area contributed by atoms with Gasteiger partial charge in [-0.2, -0.15) is 5.26 Å². The van der Waals surface area contributed by atoms with Crippen LogP contribution < -0.4 is 9.64 Å². The third-order valence-corrected chi connectivity index (χ3v) is 3.80. The van der Waals surface area contributed by atoms with Gasteiger partial charge < -0.3 is 18.8 Å². The largest absolute Gasteiger partial charge is 0.494 e. The van der Waals surface area contributed by atoms with Crippen molar-refractivity contribution in [2.75, 3.05) is 24.7 Å². The van der Waals surface area contributed by atoms with Crippen LogP contribution in [0.4, 0.5) is 5.69 Å². The number of carbonyl (C=O) groups excluding carboxylic acids is 2. The van der Waals surface area contributed by atoms with Gasteiger partial charge in [0, 0.05) is 12.2 Å². The summed E-state index contributed by atoms with van der Waals surface area (Å²) in [4.78, 5) is 26.1. The maximum atomic E-state index is 12.6. The molecule has 0 atom stereocenters. The molecule has 7 nitrogen and oxygen atoms in total. The molecule has 0 aliphatic carbocycles. The van der Waals surface area contributed by atoms with Crippen molar-refractivity contribution in [3.05, 3.63) is 47.4 Å². The van der Waals surface area contributed by atoms with Crippen molar-refractivity contribution in [1.82, 2.24) is 0 Å². The Kier molecular flexibility index (Phi) is 7.00. The Labute approximate surface area is 158 Å². The average Bonchev–Trinajstić information content (AvgIpc) is 2.99. The van der Waals surface area contributed by atoms with Crippen molar-refractivity contribution in [3.63, 3.8) is 0 Å². The van der Waals surface area contributed by atoms with Gasteiger partial charge in [-0.3, -0.25) is 4.79 Å². The van der Waals surface area contributed by atoms with Crippen LogP contribution in [0.2, 0.25) is 0 Å². The van der Waals surface area contributed by atoms with E-state index in [9.17, 15) is 9.59 Å². The van der Waals surface area contributed by atoms with Crippen LogP contribution in [-0.4, -0.2) is 31.6 Å². The first kappa shape index (κ1) is 20.0. The molecule has 7 heteroatoms. The van der Waals surface area contributed by atoms with Crippen molar-refractivity contribution in [1.29, 1.82) is 5.26 Å². The Morgan fingerprint density at radius 3 is 2.48 bits per heavy atom. The number of carbonyl (C=O) groups is 2. The normalized spacial score (nSPS) is 10.1. The molecule has 1 aromatic carbocycles. The van der Waals surface area contributed by atoms with Crippen molar-refractivity contribution >= 4 is 17.6 Å². The van der Waals surface area contributed by atoms with Gasteiger partial charge in [-0.1, -0.05) is 0 Å². The molecule has 0 radical (unpaired) electrons. The molecule has 0 fully saturated rings. The van der Waals surface area contributed by atoms with Gasteiger partial charge in [0.05, 0.1) is 19.1 Å². The molecule has 0 aliphatic heterocycles. The number of aryl methyl sites for hydroxylation is 2. The summed E-state index contributed by atoms with van der Waals surface area (Å²) in [6, 6.07) is 10.5. The molecular weight excluding hydrogens is 348 g/mol. The van der Waals surface area contributed by atoms with Gasteiger partial charge in [-0.25, -0.2) is 4.79 Å². The second kappa shape index (κ2) is 9.43. The van der Waals surface area contributed by atoms with Crippen LogP contribution in [0.3, 0.4) is 0 Å². The molecule has 0 spiro atoms. The summed E-state index contributed by atoms with van der Waals surface area (Å²) in [7, 11) is 0. The van der Waals surface area contributed by atoms with E-state index in [1.54, 1.807) is 44.2 Å². The summed E-state index contributed by atoms with van der Waals surface area (Å²) in [5.41, 5.74) is 0.898. The van der Waals surface area contributed by atoms with Crippen LogP contribution in [0, 0.1) is 25.2 Å². The predicted molar refractivity (Wildman–Crippen MR) is 98.7 cm³/mol. The van der Waals surface area contributed by atoms with E-state index in [-0.39, 0.29) is 13.0 Å². The fourth-order valence-corrected chi connectivity index (χ4v) is 2.56. The summed E-state index contributed by atoms with van der Waals surface area (Å²) in [5, 5.41) is 8.85. The zero-order valence-electron chi connectivity index (χ0n) is 15.7. The summed E-state index contributed by atoms with van der Waals surface area (Å²) >= 11 is 0. The van der Waals surface area contributed by atoms with E-state index in [0.717, 1.165) is 0 Å². The number of benzene rings is 1. The topological polar surface area (TPSA) is 92.8 Å². The molecule has 142 valence electrons. The highest BCUT2D eigenvalue weighted by Gasteiger charge is 2.20. The number of furan rings is 1. The number of hydrogen-bond donors (Lipinski definition) is 0. The van der Waals surface area contributed by atoms with Gasteiger partial charge in [0.25, 0.3) is 5.91 Å². The molecule has 0 aliphatic rings. The molecule has 27 heavy (non-hydrogen) atoms. The number of anilines is 1. The minimum Gasteiger partial charge on any atom is -0.494 e. The maximum Gasteiger partial charge on any atom is 0.342 e. The molecule has 2 rings (SSSR count). The summed E-state index contributed by atoms with van der Waals surface area (Å²) < 4.78 is 15.8. The zero-order valence-corrected chi connectivity index (χ0v) is 15.7. The Bertz CT molecular complexity index is 833. The van der Waals surface area contributed by atoms with Gasteiger partial charge >= 0.3 is 5.97 Å². The second-order valence-corrected chi connectivity index (χ2v) is 5.78. The second-order valence-electron chi connectivity index (χ2n) is 5.78. The molecule has 1 aromatic heterocycles. The Balaban J connectivity index is 2.06. The van der Waals surface area contributed by atoms with Crippen LogP contribution in [0.25, 0.3) is 0 Å². The van der Waals surface area contributed by atoms with E-state index in [0.29, 0.717) is 35.1 Å². The smallest absolute Gasteiger partial charge is 0.342 e. The number of nitriles is 1. The lowest BCUT2D eigenvalue weighted by molar-refractivity contribution is -0.121. The van der Waals surface area contributed by atoms with E-state index in [1.165, 1.54) is 4.90 Å². The van der Waals surface area contributed by atoms with Crippen molar-refractivity contribution in [3.8, 4) is 11.8 Å². The molecule has 0 bridgehead atoms. The number of nitrogens with zero attached hydrogens (tertiary/aromatic N) is 2. The molecule has 0 saturated heterocycles. The number of hydrogen-bond acceptors (Lipinski definition) is 6. The molecule has 2 aromatic rings. The highest BCUT2D eigenvalue weighted by Crippen LogP contribution is 2.20. The summed E-state index contributed by atoms with van der Waals surface area (Å²) in [5.74, 6) is 0.685. The van der Waals surface area contributed by atoms with E-state index >= 15 is 0 Å². The first-order valence-electron chi connectivity index (χ1n) is 8.60. The highest BCUT2D eigenvalue weighted by molar-refractivity contribution is 5.97. The van der Waals surface area contributed by atoms with Crippen molar-refractivity contribution in [2.45, 2.75) is 27.2 Å². The van der Waals surface area contributed by atoms with Gasteiger partial charge in [-0.15, -0.1) is 0 Å². The average molecular weight is 370 g/mol. The maximum absolute atomic E-state index is 12.6. The number of ether oxygens (including phenoxy) is 2. The first-order valence-corrected chi connectivity index (χ1v) is 8.60. The monoisotopic (exact) mass is 370 g/mol. The lowest BCUT2D eigenvalue weighted by Crippen LogP contribution is -2.35. The van der Waals surface area contributed by atoms with Gasteiger partial charge in [0.2, 0.25) is 0 Å². The molecule has 0 unspecified atom stereocenters. The van der Waals surface area contributed by atoms with Crippen LogP contribution in [-0.2, 0) is 9.53 Å². The minimum atomic E-state index is -0.621. The quantitative estimate of drug-likeness (QED) is 0.661. The molecule has 0 N–H and O–H groups in total. The van der Waals surface area contributed by atoms with Gasteiger partial charge in [-0.05, 0) is 51.1 Å². The molecular formula is C20H22N2O5. The first-order chi connectivity index (χ1) is 13.0. The fourth-order valence-electron chi connectivity index (χ4n) is 2.56. The Morgan fingerprint density at radius 1 is 1.22 bits per heavy atom. The number of amides is 1. The van der Waals surface area contributed by atoms with E-state index in [1.807, 2.05) is 13.0 Å². The molecule has 1 heterocycles. The van der Waals surface area contributed by atoms with Crippen LogP contribution in [0.15, 0.2) is 34.7 Å². The SMILES string of the molecule is CCOc1ccc(N(CCC#N)C(=O)COC(=O)c2cc(C)oc2C)cc1. The lowest BCUT2D eigenvalue weighted by atomic mass is 10.2. The lowest BCUT2D eigenvalue weighted by Gasteiger charge is -2.22. The Hall–Kier alpha value is -3.27. The number of esters is 1. The zero-order chi connectivity index (χ0) is 19.8. The third kappa shape index (κ3) is 5.35. The number of rotatable bonds is 8. The standard InChI is InChI=1S/C20H22N2O5/c1-4-25-17-8-6-16(7-9-17)22(11-5-10-21)19(23)13-26-20(24)18-12-14(2)27-15(18)3/h6-9,12H,4-5,11,13H2,1-3H3. The molecule has 0 saturated carbocycles. The highest BCUT2D eigenvalue weighted by atomic mass is 16.5. The van der Waals surface area contributed by atoms with Gasteiger partial charge in [0.1, 0.15) is 22.8 Å². The van der Waals surface area contributed by atoms with Crippen molar-refractivity contribution < 1.29 is 23.5 Å². The summed E-state index contributed by atoms with van der Waals surface area (Å²) in [6.07, 6.45) is 0.160. The van der Waals surface area contributed by atoms with Crippen molar-refractivity contribution in [2.24, 2.45) is 0 Å². The van der Waals surface area contributed by atoms with Crippen LogP contribution >= 0.6 is 0 Å². The van der Waals surface area contributed by atoms with Gasteiger partial charge in [0.15, 0.2) is 6.61 Å². The fraction of sp³-hybridized carbons (Fsp3) is 0.350.